The molecule has 0 heterocycles. The highest BCUT2D eigenvalue weighted by atomic mass is 16.7. The smallest absolute Gasteiger partial charge is 0.168 e. The van der Waals surface area contributed by atoms with E-state index in [4.69, 9.17) is 14.2 Å². The molecule has 0 amide bonds. The third-order valence-electron chi connectivity index (χ3n) is 5.08. The molecule has 0 aromatic rings. The Bertz CT molecular complexity index is 283. The van der Waals surface area contributed by atoms with Crippen LogP contribution >= 0.6 is 0 Å². The summed E-state index contributed by atoms with van der Waals surface area (Å²) in [5, 5.41) is 0. The normalized spacial score (nSPS) is 16.5. The van der Waals surface area contributed by atoms with Crippen LogP contribution in [0.25, 0.3) is 0 Å². The van der Waals surface area contributed by atoms with E-state index in [-0.39, 0.29) is 0 Å². The summed E-state index contributed by atoms with van der Waals surface area (Å²) < 4.78 is 17.9. The Kier molecular flexibility index (Phi) is 12.0. The average molecular weight is 343 g/mol. The van der Waals surface area contributed by atoms with Crippen molar-refractivity contribution in [2.75, 3.05) is 19.8 Å². The first-order chi connectivity index (χ1) is 11.7. The fraction of sp³-hybridized carbons (Fsp3) is 1.00. The van der Waals surface area contributed by atoms with Crippen molar-refractivity contribution in [2.24, 2.45) is 5.92 Å². The molecule has 0 aromatic heterocycles. The fourth-order valence-corrected chi connectivity index (χ4v) is 3.50. The molecule has 1 fully saturated rings. The third-order valence-corrected chi connectivity index (χ3v) is 5.08. The first kappa shape index (κ1) is 21.9. The van der Waals surface area contributed by atoms with E-state index in [1.54, 1.807) is 0 Å². The zero-order chi connectivity index (χ0) is 17.7. The Morgan fingerprint density at radius 3 is 2.00 bits per heavy atom. The average Bonchev–Trinajstić information content (AvgIpc) is 3.37. The highest BCUT2D eigenvalue weighted by molar-refractivity contribution is 4.77. The van der Waals surface area contributed by atoms with E-state index in [1.807, 2.05) is 0 Å². The van der Waals surface area contributed by atoms with E-state index >= 15 is 0 Å². The van der Waals surface area contributed by atoms with Gasteiger partial charge in [0.2, 0.25) is 0 Å². The molecule has 0 spiro atoms. The van der Waals surface area contributed by atoms with Crippen molar-refractivity contribution in [1.29, 1.82) is 0 Å². The summed E-state index contributed by atoms with van der Waals surface area (Å²) >= 11 is 0. The van der Waals surface area contributed by atoms with Gasteiger partial charge in [0.05, 0.1) is 6.10 Å². The fourth-order valence-electron chi connectivity index (χ4n) is 3.50. The molecule has 0 aliphatic heterocycles. The number of unbranched alkanes of at least 4 members (excludes halogenated alkanes) is 5. The van der Waals surface area contributed by atoms with E-state index < -0.39 is 5.79 Å². The molecule has 0 radical (unpaired) electrons. The molecule has 1 saturated carbocycles. The molecule has 24 heavy (non-hydrogen) atoms. The molecule has 1 rings (SSSR count). The summed E-state index contributed by atoms with van der Waals surface area (Å²) in [6.45, 7) is 10.9. The van der Waals surface area contributed by atoms with Gasteiger partial charge in [-0.3, -0.25) is 0 Å². The lowest BCUT2D eigenvalue weighted by Gasteiger charge is -2.37. The van der Waals surface area contributed by atoms with Crippen LogP contribution in [0.5, 0.6) is 0 Å². The van der Waals surface area contributed by atoms with Gasteiger partial charge in [-0.15, -0.1) is 0 Å². The van der Waals surface area contributed by atoms with Gasteiger partial charge in [0.1, 0.15) is 0 Å². The summed E-state index contributed by atoms with van der Waals surface area (Å²) in [4.78, 5) is 0. The van der Waals surface area contributed by atoms with Crippen molar-refractivity contribution in [3.05, 3.63) is 0 Å². The van der Waals surface area contributed by atoms with Gasteiger partial charge >= 0.3 is 0 Å². The Morgan fingerprint density at radius 1 is 0.833 bits per heavy atom. The van der Waals surface area contributed by atoms with Gasteiger partial charge in [-0.05, 0) is 52.9 Å². The maximum absolute atomic E-state index is 6.06. The lowest BCUT2D eigenvalue weighted by atomic mass is 9.88. The van der Waals surface area contributed by atoms with Gasteiger partial charge in [-0.1, -0.05) is 45.4 Å². The van der Waals surface area contributed by atoms with E-state index in [2.05, 4.69) is 27.7 Å². The molecule has 1 unspecified atom stereocenters. The van der Waals surface area contributed by atoms with Crippen LogP contribution in [0.3, 0.4) is 0 Å². The van der Waals surface area contributed by atoms with Crippen LogP contribution in [0.1, 0.15) is 98.3 Å². The van der Waals surface area contributed by atoms with Crippen molar-refractivity contribution in [3.63, 3.8) is 0 Å². The van der Waals surface area contributed by atoms with Gasteiger partial charge in [0, 0.05) is 25.7 Å². The predicted octanol–water partition coefficient (Wildman–Crippen LogP) is 6.10. The molecule has 1 atom stereocenters. The van der Waals surface area contributed by atoms with Crippen molar-refractivity contribution in [1.82, 2.24) is 0 Å². The Labute approximate surface area is 150 Å². The van der Waals surface area contributed by atoms with Gasteiger partial charge in [-0.25, -0.2) is 0 Å². The number of rotatable bonds is 17. The summed E-state index contributed by atoms with van der Waals surface area (Å²) in [6.07, 6.45) is 14.6. The Morgan fingerprint density at radius 2 is 1.42 bits per heavy atom. The molecule has 0 aromatic carbocycles. The van der Waals surface area contributed by atoms with Crippen LogP contribution in [-0.4, -0.2) is 31.7 Å². The number of hydrogen-bond acceptors (Lipinski definition) is 3. The topological polar surface area (TPSA) is 27.7 Å². The van der Waals surface area contributed by atoms with Crippen molar-refractivity contribution in [2.45, 2.75) is 110 Å². The largest absolute Gasteiger partial charge is 0.378 e. The van der Waals surface area contributed by atoms with Crippen LogP contribution in [-0.2, 0) is 14.2 Å². The molecule has 0 saturated heterocycles. The lowest BCUT2D eigenvalue weighted by Crippen LogP contribution is -2.41. The van der Waals surface area contributed by atoms with Crippen molar-refractivity contribution < 1.29 is 14.2 Å². The maximum atomic E-state index is 6.06. The summed E-state index contributed by atoms with van der Waals surface area (Å²) in [6, 6.07) is 0. The Hall–Kier alpha value is -0.120. The van der Waals surface area contributed by atoms with Crippen LogP contribution in [0, 0.1) is 5.92 Å². The van der Waals surface area contributed by atoms with Crippen LogP contribution < -0.4 is 0 Å². The molecule has 0 N–H and O–H groups in total. The lowest BCUT2D eigenvalue weighted by molar-refractivity contribution is -0.254. The minimum atomic E-state index is -0.438. The monoisotopic (exact) mass is 342 g/mol. The first-order valence-electron chi connectivity index (χ1n) is 10.6. The second-order valence-corrected chi connectivity index (χ2v) is 7.35. The molecule has 144 valence electrons. The molecule has 3 heteroatoms. The van der Waals surface area contributed by atoms with E-state index in [9.17, 15) is 0 Å². The number of ether oxygens (including phenoxy) is 3. The molecule has 1 aliphatic carbocycles. The minimum Gasteiger partial charge on any atom is -0.378 e. The second-order valence-electron chi connectivity index (χ2n) is 7.35. The number of hydrogen-bond donors (Lipinski definition) is 0. The minimum absolute atomic E-state index is 0.438. The van der Waals surface area contributed by atoms with E-state index in [0.29, 0.717) is 25.2 Å². The molecule has 1 aliphatic rings. The van der Waals surface area contributed by atoms with Crippen molar-refractivity contribution in [3.8, 4) is 0 Å². The molecule has 3 nitrogen and oxygen atoms in total. The summed E-state index contributed by atoms with van der Waals surface area (Å²) in [5.74, 6) is 0.0262. The SMILES string of the molecule is CCCCCCCCC(CCCOC1CC1)C(C)(OCC)OCC. The van der Waals surface area contributed by atoms with E-state index in [1.165, 1.54) is 57.8 Å². The van der Waals surface area contributed by atoms with E-state index in [0.717, 1.165) is 19.4 Å². The molecule has 0 bridgehead atoms. The standard InChI is InChI=1S/C21H42O3/c1-5-8-9-10-11-12-14-19(15-13-18-22-20-16-17-20)21(4,23-6-2)24-7-3/h19-20H,5-18H2,1-4H3. The quantitative estimate of drug-likeness (QED) is 0.236. The highest BCUT2D eigenvalue weighted by Gasteiger charge is 2.35. The molecular formula is C21H42O3. The van der Waals surface area contributed by atoms with Crippen molar-refractivity contribution >= 4 is 0 Å². The first-order valence-corrected chi connectivity index (χ1v) is 10.6. The van der Waals surface area contributed by atoms with Crippen LogP contribution in [0.4, 0.5) is 0 Å². The van der Waals surface area contributed by atoms with Gasteiger partial charge in [-0.2, -0.15) is 0 Å². The second kappa shape index (κ2) is 13.1. The zero-order valence-corrected chi connectivity index (χ0v) is 16.8. The molecular weight excluding hydrogens is 300 g/mol. The zero-order valence-electron chi connectivity index (χ0n) is 16.8. The Balaban J connectivity index is 2.39. The summed E-state index contributed by atoms with van der Waals surface area (Å²) in [5.41, 5.74) is 0. The third kappa shape index (κ3) is 9.39. The van der Waals surface area contributed by atoms with Crippen LogP contribution in [0.15, 0.2) is 0 Å². The summed E-state index contributed by atoms with van der Waals surface area (Å²) in [7, 11) is 0. The van der Waals surface area contributed by atoms with Crippen LogP contribution in [0.2, 0.25) is 0 Å². The van der Waals surface area contributed by atoms with Gasteiger partial charge < -0.3 is 14.2 Å². The highest BCUT2D eigenvalue weighted by Crippen LogP contribution is 2.33. The van der Waals surface area contributed by atoms with Gasteiger partial charge in [0.25, 0.3) is 0 Å². The van der Waals surface area contributed by atoms with Gasteiger partial charge in [0.15, 0.2) is 5.79 Å². The maximum Gasteiger partial charge on any atom is 0.168 e. The predicted molar refractivity (Wildman–Crippen MR) is 101 cm³/mol.